The van der Waals surface area contributed by atoms with Crippen LogP contribution < -0.4 is 14.7 Å². The molecule has 5 aliphatic carbocycles. The fourth-order valence-corrected chi connectivity index (χ4v) is 23.9. The van der Waals surface area contributed by atoms with Gasteiger partial charge >= 0.3 is 11.3 Å². The van der Waals surface area contributed by atoms with Crippen molar-refractivity contribution in [3.05, 3.63) is 449 Å². The molecule has 13 aromatic carbocycles. The van der Waals surface area contributed by atoms with E-state index in [0.717, 1.165) is 124 Å². The number of amides is 6. The van der Waals surface area contributed by atoms with Crippen LogP contribution in [0.2, 0.25) is 0 Å². The predicted octanol–water partition coefficient (Wildman–Crippen LogP) is 26.1. The quantitative estimate of drug-likeness (QED) is 0.0435. The number of allylic oxidation sites excluding steroid dienone is 6. The summed E-state index contributed by atoms with van der Waals surface area (Å²) in [5.41, 5.74) is 12.7. The summed E-state index contributed by atoms with van der Waals surface area (Å²) < 4.78 is 12.4. The van der Waals surface area contributed by atoms with Crippen molar-refractivity contribution in [1.29, 1.82) is 0 Å². The van der Waals surface area contributed by atoms with Gasteiger partial charge in [-0.3, -0.25) is 43.2 Å². The molecule has 2 saturated carbocycles. The molecule has 0 spiro atoms. The number of rotatable bonds is 14. The third-order valence-electron chi connectivity index (χ3n) is 29.3. The van der Waals surface area contributed by atoms with E-state index in [0.29, 0.717) is 28.2 Å². The largest absolute Gasteiger partial charge is 0.0623 e. The van der Waals surface area contributed by atoms with Crippen LogP contribution in [0, 0.1) is 53.5 Å². The number of carbonyl (C=O) groups excluding carboxylic acids is 9. The summed E-state index contributed by atoms with van der Waals surface area (Å²) in [7, 11) is 0. The van der Waals surface area contributed by atoms with Gasteiger partial charge in [0.05, 0.1) is 66.6 Å². The first kappa shape index (κ1) is 101. The molecule has 140 heavy (non-hydrogen) atoms. The van der Waals surface area contributed by atoms with E-state index in [1.807, 2.05) is 257 Å². The van der Waals surface area contributed by atoms with Crippen molar-refractivity contribution in [1.82, 2.24) is 4.90 Å². The molecule has 15 nitrogen and oxygen atoms in total. The Balaban J connectivity index is 0.000000143. The Bertz CT molecular complexity index is 6820. The molecule has 2 saturated heterocycles. The van der Waals surface area contributed by atoms with Crippen molar-refractivity contribution in [2.24, 2.45) is 33.0 Å². The Hall–Kier alpha value is -14.5. The molecule has 0 N–H and O–H groups in total. The van der Waals surface area contributed by atoms with Gasteiger partial charge in [0.1, 0.15) is 5.03 Å². The number of hydrogen-bond donors (Lipinski definition) is 0. The molecule has 0 aromatic heterocycles. The van der Waals surface area contributed by atoms with Gasteiger partial charge in [-0.15, -0.1) is 11.6 Å². The van der Waals surface area contributed by atoms with Gasteiger partial charge in [0, 0.05) is 19.3 Å². The van der Waals surface area contributed by atoms with E-state index in [2.05, 4.69) is 126 Å². The number of benzene rings is 13. The number of anilines is 3. The molecule has 4 aliphatic heterocycles. The first-order valence-corrected chi connectivity index (χ1v) is 47.8. The molecule has 13 aromatic rings. The Morgan fingerprint density at radius 3 is 0.993 bits per heavy atom. The number of imide groups is 3. The van der Waals surface area contributed by atoms with Crippen LogP contribution in [0.25, 0.3) is 50.1 Å². The molecule has 0 radical (unpaired) electrons. The Morgan fingerprint density at radius 1 is 0.364 bits per heavy atom. The topological polar surface area (TPSA) is 196 Å². The van der Waals surface area contributed by atoms with Crippen LogP contribution in [0.15, 0.2) is 387 Å². The van der Waals surface area contributed by atoms with Crippen LogP contribution in [-0.2, 0) is 48.4 Å². The van der Waals surface area contributed by atoms with Crippen molar-refractivity contribution in [3.63, 3.8) is 0 Å². The van der Waals surface area contributed by atoms with E-state index in [1.165, 1.54) is 42.3 Å². The van der Waals surface area contributed by atoms with Crippen molar-refractivity contribution in [3.8, 4) is 22.3 Å². The number of hydrogen-bond acceptors (Lipinski definition) is 11. The maximum atomic E-state index is 15.4. The monoisotopic (exact) mass is 1890 g/mol. The number of para-hydroxylation sites is 3. The van der Waals surface area contributed by atoms with Gasteiger partial charge in [-0.2, -0.15) is 0 Å². The number of Topliss-reactive ketones (excluding diaryl/α,β-unsaturated/α-hetero) is 3. The number of ketones is 3. The third-order valence-corrected chi connectivity index (χ3v) is 30.3. The van der Waals surface area contributed by atoms with Gasteiger partial charge in [-0.1, -0.05) is 373 Å². The van der Waals surface area contributed by atoms with Gasteiger partial charge in [0.2, 0.25) is 5.91 Å². The fraction of sp³-hybridized carbons (Fsp3) is 0.220. The van der Waals surface area contributed by atoms with Crippen LogP contribution >= 0.6 is 23.2 Å². The van der Waals surface area contributed by atoms with Crippen LogP contribution in [0.1, 0.15) is 148 Å². The van der Waals surface area contributed by atoms with E-state index in [1.54, 1.807) is 74.5 Å². The van der Waals surface area contributed by atoms with Crippen molar-refractivity contribution in [2.45, 2.75) is 107 Å². The summed E-state index contributed by atoms with van der Waals surface area (Å²) in [5, 5.41) is -0.0427. The van der Waals surface area contributed by atoms with Crippen LogP contribution in [0.5, 0.6) is 0 Å². The molecule has 9 aliphatic rings. The zero-order chi connectivity index (χ0) is 98.9. The maximum Gasteiger partial charge on any atom is -0.0623 e. The van der Waals surface area contributed by atoms with Crippen LogP contribution in [0.4, 0.5) is 17.1 Å². The summed E-state index contributed by atoms with van der Waals surface area (Å²) in [6.45, 7) is 32.3. The normalized spacial score (nSPS) is 22.8. The third kappa shape index (κ3) is 16.6. The van der Waals surface area contributed by atoms with E-state index in [4.69, 9.17) is 32.6 Å². The first-order valence-electron chi connectivity index (χ1n) is 47.0. The Kier molecular flexibility index (Phi) is 30.7. The maximum absolute atomic E-state index is 15.4. The molecule has 4 bridgehead atoms. The average Bonchev–Trinajstić information content (AvgIpc) is 1.43. The second kappa shape index (κ2) is 42.4. The fourth-order valence-electron chi connectivity index (χ4n) is 23.2. The van der Waals surface area contributed by atoms with E-state index in [9.17, 15) is 38.4 Å². The molecule has 706 valence electrons. The summed E-state index contributed by atoms with van der Waals surface area (Å²) >= 11 is 12.9. The molecule has 17 heteroatoms. The zero-order valence-electron chi connectivity index (χ0n) is 79.9. The van der Waals surface area contributed by atoms with Crippen molar-refractivity contribution < 1.29 is 52.5 Å². The number of ether oxygens (including phenoxy) is 1. The van der Waals surface area contributed by atoms with Gasteiger partial charge in [0.15, 0.2) is 22.2 Å². The number of carbonyl (C=O) groups is 9. The van der Waals surface area contributed by atoms with E-state index >= 15 is 4.79 Å². The van der Waals surface area contributed by atoms with E-state index in [-0.39, 0.29) is 41.6 Å². The van der Waals surface area contributed by atoms with Gasteiger partial charge in [-0.25, -0.2) is 14.7 Å². The summed E-state index contributed by atoms with van der Waals surface area (Å²) in [5.74, 6) is -3.33. The summed E-state index contributed by atoms with van der Waals surface area (Å²) in [4.78, 5) is 127. The molecule has 8 atom stereocenters. The Morgan fingerprint density at radius 2 is 0.664 bits per heavy atom. The summed E-state index contributed by atoms with van der Waals surface area (Å²) in [6, 6.07) is 119. The minimum Gasteiger partial charge on any atom is -0.0623 e. The van der Waals surface area contributed by atoms with Gasteiger partial charge < -0.3 is 9.64 Å². The number of alkyl halides is 1. The Labute approximate surface area is 831 Å². The second-order valence-corrected chi connectivity index (χ2v) is 37.3. The van der Waals surface area contributed by atoms with Crippen molar-refractivity contribution >= 4 is 121 Å². The average molecular weight is 1900 g/mol. The second-order valence-electron chi connectivity index (χ2n) is 36.3. The number of fused-ring (bicyclic) bond motifs is 11. The van der Waals surface area contributed by atoms with E-state index < -0.39 is 66.9 Å². The van der Waals surface area contributed by atoms with Gasteiger partial charge in [0.25, 0.3) is 29.5 Å². The molecule has 22 rings (SSSR count). The molecule has 4 heterocycles. The minimum atomic E-state index is -1.71. The molecule has 4 fully saturated rings. The number of halogens is 2. The minimum absolute atomic E-state index is 0. The van der Waals surface area contributed by atoms with Crippen LogP contribution in [0.3, 0.4) is 0 Å². The molecule has 6 amide bonds. The molecule has 8 unspecified atom stereocenters. The number of nitrogens with zero attached hydrogens (tertiary/aromatic N) is 4. The molecular formula is C123H114Cl2N4O11. The zero-order valence-corrected chi connectivity index (χ0v) is 81.4. The molecular weight excluding hydrogens is 1780 g/mol. The first-order chi connectivity index (χ1) is 67.2. The SMILES string of the molecule is C.C1CCOC1.CC12C(=O)C(C)(C(c3ccccc3)=C1c1ccccc1)C1(Cl)C(=O)N(c3ccccc3)C(=O)C21.CC1=C(c2ccccc2)C2(c3ccccc3)C3(C)C(=O)C(C)(C(c4ccccc4)=C3c3ccccc3)C2(C)C1=O.CCN(CC)CC.Cc1c2c(c(C)c(-c3ccccc3)c1-c1ccccc1)C(=O)N(c1ccccc1)C2=O.O=C1C=C(Cl)C(=O)N1c1ccccc1.[C-]#[O+].c1ccccc1. The summed E-state index contributed by atoms with van der Waals surface area (Å²) in [6.07, 6.45) is 3.68. The van der Waals surface area contributed by atoms with Gasteiger partial charge in [-0.05, 0) is 224 Å². The standard InChI is InChI=1S/C38H32O2.C29H22ClNO3.C28H21NO2.C10H6ClNO2.C6H15N.C6H6.C4H8O.CO.CH4/c1-25-30(26-17-9-5-10-18-26)38(29-23-15-8-16-24-29)36(3)32(28-21-13-7-14-22-28)31(27-19-11-6-12-20-27)35(2,34(36)40)37(38,4)33(25)39;1-27-21(18-12-6-3-7-13-18)22(19-14-8-4-9-15-19)28(2,25(27)33)29(30)23(27)24(32)31(26(29)34)20-16-10-5-11-17-20;1-18-23(20-12-6-3-7-13-20)24(21-14-8-4-9-15-21)19(2)26-25(18)27(30)29(28(26)31)22-16-10-5-11-17-22;11-8-6-9(13)12(10(8)14)7-4-2-1-3-5-7;1-4-7(5-2)6-3;1-2-4-6-5-3-1;1-2-4-5-3-1;1-2;/h5-24H,1-4H3;3-17,23H,1-2H3;3-17H,1-2H3;1-6H;4-6H2,1-3H3;1-6H;1-4H2;;1H4. The van der Waals surface area contributed by atoms with Crippen molar-refractivity contribution in [2.75, 3.05) is 47.5 Å². The smallest absolute Gasteiger partial charge is 0.0623 e. The van der Waals surface area contributed by atoms with Crippen LogP contribution in [-0.4, -0.2) is 95.4 Å². The predicted molar refractivity (Wildman–Crippen MR) is 561 cm³/mol.